The number of amides is 2. The number of alkyl halides is 1. The Morgan fingerprint density at radius 2 is 2.00 bits per heavy atom. The van der Waals surface area contributed by atoms with Crippen molar-refractivity contribution < 1.29 is 9.59 Å². The van der Waals surface area contributed by atoms with Gasteiger partial charge < -0.3 is 11.1 Å². The molecule has 0 spiro atoms. The third kappa shape index (κ3) is 7.53. The molecule has 0 heterocycles. The highest BCUT2D eigenvalue weighted by Gasteiger charge is 2.01. The predicted molar refractivity (Wildman–Crippen MR) is 49.8 cm³/mol. The van der Waals surface area contributed by atoms with Crippen LogP contribution in [-0.4, -0.2) is 23.7 Å². The Labute approximate surface area is 80.0 Å². The monoisotopic (exact) mass is 236 g/mol. The minimum Gasteiger partial charge on any atom is -0.368 e. The van der Waals surface area contributed by atoms with Gasteiger partial charge in [-0.25, -0.2) is 0 Å². The number of nitrogens with one attached hydrogen (secondary N) is 1. The quantitative estimate of drug-likeness (QED) is 0.510. The smallest absolute Gasteiger partial charge is 0.236 e. The van der Waals surface area contributed by atoms with Crippen LogP contribution in [0.1, 0.15) is 19.3 Å². The van der Waals surface area contributed by atoms with Gasteiger partial charge in [0.25, 0.3) is 0 Å². The van der Waals surface area contributed by atoms with Crippen LogP contribution in [0.2, 0.25) is 0 Å². The normalized spacial score (nSPS) is 9.42. The van der Waals surface area contributed by atoms with Crippen molar-refractivity contribution in [3.05, 3.63) is 0 Å². The summed E-state index contributed by atoms with van der Waals surface area (Å²) in [5.74, 6) is -0.626. The van der Waals surface area contributed by atoms with Gasteiger partial charge in [-0.05, 0) is 12.8 Å². The van der Waals surface area contributed by atoms with Gasteiger partial charge in [-0.3, -0.25) is 9.59 Å². The molecule has 2 amide bonds. The molecule has 0 aromatic carbocycles. The molecule has 0 aliphatic rings. The Morgan fingerprint density at radius 1 is 1.33 bits per heavy atom. The fraction of sp³-hybridized carbons (Fsp3) is 0.714. The SMILES string of the molecule is NC(=O)CNC(=O)CCCCBr. The topological polar surface area (TPSA) is 72.2 Å². The first-order valence-electron chi connectivity index (χ1n) is 3.77. The number of carbonyl (C=O) groups is 2. The number of hydrogen-bond acceptors (Lipinski definition) is 2. The average Bonchev–Trinajstić information content (AvgIpc) is 2.01. The second-order valence-electron chi connectivity index (χ2n) is 2.39. The lowest BCUT2D eigenvalue weighted by molar-refractivity contribution is -0.124. The molecular weight excluding hydrogens is 224 g/mol. The summed E-state index contributed by atoms with van der Waals surface area (Å²) in [5, 5.41) is 3.31. The molecule has 0 fully saturated rings. The van der Waals surface area contributed by atoms with Crippen LogP contribution in [0.3, 0.4) is 0 Å². The number of hydrogen-bond donors (Lipinski definition) is 2. The van der Waals surface area contributed by atoms with Gasteiger partial charge in [-0.2, -0.15) is 0 Å². The van der Waals surface area contributed by atoms with Gasteiger partial charge in [0.05, 0.1) is 6.54 Å². The van der Waals surface area contributed by atoms with Gasteiger partial charge in [0.2, 0.25) is 11.8 Å². The molecule has 12 heavy (non-hydrogen) atoms. The number of carbonyl (C=O) groups excluding carboxylic acids is 2. The molecule has 70 valence electrons. The van der Waals surface area contributed by atoms with Crippen LogP contribution >= 0.6 is 15.9 Å². The largest absolute Gasteiger partial charge is 0.368 e. The van der Waals surface area contributed by atoms with Crippen molar-refractivity contribution >= 4 is 27.7 Å². The zero-order valence-electron chi connectivity index (χ0n) is 6.81. The van der Waals surface area contributed by atoms with Crippen LogP contribution < -0.4 is 11.1 Å². The van der Waals surface area contributed by atoms with E-state index < -0.39 is 5.91 Å². The molecule has 0 bridgehead atoms. The van der Waals surface area contributed by atoms with Gasteiger partial charge >= 0.3 is 0 Å². The second-order valence-corrected chi connectivity index (χ2v) is 3.18. The predicted octanol–water partition coefficient (Wildman–Crippen LogP) is 0.153. The molecule has 4 nitrogen and oxygen atoms in total. The number of nitrogens with two attached hydrogens (primary N) is 1. The van der Waals surface area contributed by atoms with Crippen molar-refractivity contribution in [2.45, 2.75) is 19.3 Å². The highest BCUT2D eigenvalue weighted by Crippen LogP contribution is 1.97. The summed E-state index contributed by atoms with van der Waals surface area (Å²) in [6.07, 6.45) is 2.25. The highest BCUT2D eigenvalue weighted by atomic mass is 79.9. The van der Waals surface area contributed by atoms with Crippen LogP contribution in [0.15, 0.2) is 0 Å². The van der Waals surface area contributed by atoms with Gasteiger partial charge in [-0.15, -0.1) is 0 Å². The zero-order chi connectivity index (χ0) is 9.40. The molecule has 0 radical (unpaired) electrons. The molecule has 0 aliphatic heterocycles. The van der Waals surface area contributed by atoms with E-state index in [1.807, 2.05) is 0 Å². The number of halogens is 1. The number of rotatable bonds is 6. The second kappa shape index (κ2) is 7.09. The summed E-state index contributed by atoms with van der Waals surface area (Å²) in [5.41, 5.74) is 4.83. The Bertz CT molecular complexity index is 161. The van der Waals surface area contributed by atoms with E-state index in [-0.39, 0.29) is 12.5 Å². The third-order valence-corrected chi connectivity index (χ3v) is 1.81. The van der Waals surface area contributed by atoms with Crippen molar-refractivity contribution in [3.8, 4) is 0 Å². The van der Waals surface area contributed by atoms with Crippen molar-refractivity contribution in [1.82, 2.24) is 5.32 Å². The Morgan fingerprint density at radius 3 is 2.50 bits per heavy atom. The van der Waals surface area contributed by atoms with Gasteiger partial charge in [0, 0.05) is 11.8 Å². The molecule has 0 atom stereocenters. The van der Waals surface area contributed by atoms with Crippen LogP contribution in [0.4, 0.5) is 0 Å². The molecule has 0 unspecified atom stereocenters. The van der Waals surface area contributed by atoms with Crippen molar-refractivity contribution in [2.75, 3.05) is 11.9 Å². The van der Waals surface area contributed by atoms with Crippen LogP contribution in [0, 0.1) is 0 Å². The van der Waals surface area contributed by atoms with E-state index in [2.05, 4.69) is 21.2 Å². The molecule has 0 aliphatic carbocycles. The number of primary amides is 1. The summed E-state index contributed by atoms with van der Waals surface area (Å²) in [6, 6.07) is 0. The third-order valence-electron chi connectivity index (χ3n) is 1.25. The minimum absolute atomic E-state index is 0.0624. The lowest BCUT2D eigenvalue weighted by atomic mass is 10.2. The van der Waals surface area contributed by atoms with E-state index in [0.717, 1.165) is 18.2 Å². The van der Waals surface area contributed by atoms with Crippen LogP contribution in [0.25, 0.3) is 0 Å². The van der Waals surface area contributed by atoms with E-state index in [1.165, 1.54) is 0 Å². The molecule has 3 N–H and O–H groups in total. The van der Waals surface area contributed by atoms with E-state index in [0.29, 0.717) is 6.42 Å². The first kappa shape index (κ1) is 11.4. The number of unbranched alkanes of at least 4 members (excludes halogenated alkanes) is 1. The Kier molecular flexibility index (Phi) is 6.75. The van der Waals surface area contributed by atoms with Gasteiger partial charge in [0.1, 0.15) is 0 Å². The van der Waals surface area contributed by atoms with E-state index >= 15 is 0 Å². The van der Waals surface area contributed by atoms with Crippen molar-refractivity contribution in [2.24, 2.45) is 5.73 Å². The maximum Gasteiger partial charge on any atom is 0.236 e. The highest BCUT2D eigenvalue weighted by molar-refractivity contribution is 9.09. The van der Waals surface area contributed by atoms with E-state index in [1.54, 1.807) is 0 Å². The molecule has 0 saturated carbocycles. The Hall–Kier alpha value is -0.580. The minimum atomic E-state index is -0.510. The van der Waals surface area contributed by atoms with Crippen LogP contribution in [0.5, 0.6) is 0 Å². The summed E-state index contributed by atoms with van der Waals surface area (Å²) >= 11 is 3.26. The maximum atomic E-state index is 10.9. The molecule has 0 saturated heterocycles. The molecular formula is C7H13BrN2O2. The molecule has 0 aromatic heterocycles. The zero-order valence-corrected chi connectivity index (χ0v) is 8.39. The fourth-order valence-corrected chi connectivity index (χ4v) is 1.05. The summed E-state index contributed by atoms with van der Waals surface area (Å²) in [7, 11) is 0. The summed E-state index contributed by atoms with van der Waals surface area (Å²) in [4.78, 5) is 21.1. The van der Waals surface area contributed by atoms with Gasteiger partial charge in [0.15, 0.2) is 0 Å². The van der Waals surface area contributed by atoms with Crippen molar-refractivity contribution in [3.63, 3.8) is 0 Å². The van der Waals surface area contributed by atoms with E-state index in [9.17, 15) is 9.59 Å². The lowest BCUT2D eigenvalue weighted by Gasteiger charge is -2.00. The van der Waals surface area contributed by atoms with E-state index in [4.69, 9.17) is 5.73 Å². The van der Waals surface area contributed by atoms with Crippen molar-refractivity contribution in [1.29, 1.82) is 0 Å². The fourth-order valence-electron chi connectivity index (χ4n) is 0.654. The molecule has 0 rings (SSSR count). The Balaban J connectivity index is 3.28. The summed E-state index contributed by atoms with van der Waals surface area (Å²) < 4.78 is 0. The molecule has 5 heteroatoms. The lowest BCUT2D eigenvalue weighted by Crippen LogP contribution is -2.33. The first-order valence-corrected chi connectivity index (χ1v) is 4.90. The first-order chi connectivity index (χ1) is 5.66. The summed E-state index contributed by atoms with van der Waals surface area (Å²) in [6.45, 7) is -0.0624. The van der Waals surface area contributed by atoms with Crippen LogP contribution in [-0.2, 0) is 9.59 Å². The maximum absolute atomic E-state index is 10.9. The average molecular weight is 237 g/mol. The standard InChI is InChI=1S/C7H13BrN2O2/c8-4-2-1-3-7(12)10-5-6(9)11/h1-5H2,(H2,9,11)(H,10,12). The van der Waals surface area contributed by atoms with Gasteiger partial charge in [-0.1, -0.05) is 15.9 Å². The molecule has 0 aromatic rings.